The molecule has 0 bridgehead atoms. The van der Waals surface area contributed by atoms with Crippen LogP contribution in [0.2, 0.25) is 0 Å². The molecule has 0 aliphatic carbocycles. The van der Waals surface area contributed by atoms with Gasteiger partial charge in [0.05, 0.1) is 10.6 Å². The Kier molecular flexibility index (Phi) is 6.58. The Morgan fingerprint density at radius 1 is 1.23 bits per heavy atom. The van der Waals surface area contributed by atoms with Crippen LogP contribution in [0.25, 0.3) is 10.2 Å². The Morgan fingerprint density at radius 2 is 1.97 bits per heavy atom. The van der Waals surface area contributed by atoms with Crippen LogP contribution >= 0.6 is 23.1 Å². The monoisotopic (exact) mass is 441 g/mol. The molecule has 0 saturated carbocycles. The zero-order chi connectivity index (χ0) is 21.1. The number of hydrogen-bond donors (Lipinski definition) is 0. The first-order valence-electron chi connectivity index (χ1n) is 10.6. The fourth-order valence-electron chi connectivity index (χ4n) is 3.80. The van der Waals surface area contributed by atoms with Gasteiger partial charge in [0.25, 0.3) is 5.56 Å². The highest BCUT2D eigenvalue weighted by Gasteiger charge is 2.26. The molecule has 3 heterocycles. The average Bonchev–Trinajstić information content (AvgIpc) is 3.43. The standard InChI is InChI=1S/C23H27N3O2S2/c1-3-18-15-19-20(30-18)24-23(29-16(2)21(27)25-12-7-8-13-25)26(22(19)28)14-11-17-9-5-4-6-10-17/h4-6,9-10,15-16H,3,7-8,11-14H2,1-2H3. The minimum absolute atomic E-state index is 0.00444. The van der Waals surface area contributed by atoms with E-state index in [0.717, 1.165) is 48.5 Å². The molecular formula is C23H27N3O2S2. The van der Waals surface area contributed by atoms with Crippen LogP contribution in [0.5, 0.6) is 0 Å². The molecule has 0 N–H and O–H groups in total. The topological polar surface area (TPSA) is 55.2 Å². The lowest BCUT2D eigenvalue weighted by molar-refractivity contribution is -0.129. The van der Waals surface area contributed by atoms with Gasteiger partial charge in [-0.3, -0.25) is 14.2 Å². The van der Waals surface area contributed by atoms with Gasteiger partial charge in [-0.1, -0.05) is 49.0 Å². The van der Waals surface area contributed by atoms with Crippen molar-refractivity contribution in [3.05, 3.63) is 57.2 Å². The third kappa shape index (κ3) is 4.47. The van der Waals surface area contributed by atoms with Crippen molar-refractivity contribution in [2.75, 3.05) is 13.1 Å². The van der Waals surface area contributed by atoms with Gasteiger partial charge in [0.15, 0.2) is 5.16 Å². The summed E-state index contributed by atoms with van der Waals surface area (Å²) in [6, 6.07) is 12.1. The Morgan fingerprint density at radius 3 is 2.67 bits per heavy atom. The number of benzene rings is 1. The lowest BCUT2D eigenvalue weighted by atomic mass is 10.1. The van der Waals surface area contributed by atoms with E-state index in [9.17, 15) is 9.59 Å². The number of thioether (sulfide) groups is 1. The predicted molar refractivity (Wildman–Crippen MR) is 125 cm³/mol. The third-order valence-corrected chi connectivity index (χ3v) is 7.78. The molecule has 1 aliphatic heterocycles. The van der Waals surface area contributed by atoms with Crippen LogP contribution in [0, 0.1) is 0 Å². The van der Waals surface area contributed by atoms with Gasteiger partial charge < -0.3 is 4.90 Å². The highest BCUT2D eigenvalue weighted by atomic mass is 32.2. The van der Waals surface area contributed by atoms with Crippen LogP contribution in [0.15, 0.2) is 46.3 Å². The highest BCUT2D eigenvalue weighted by Crippen LogP contribution is 2.28. The summed E-state index contributed by atoms with van der Waals surface area (Å²) < 4.78 is 1.76. The van der Waals surface area contributed by atoms with E-state index >= 15 is 0 Å². The zero-order valence-corrected chi connectivity index (χ0v) is 19.1. The van der Waals surface area contributed by atoms with E-state index < -0.39 is 0 Å². The molecular weight excluding hydrogens is 414 g/mol. The maximum absolute atomic E-state index is 13.3. The maximum Gasteiger partial charge on any atom is 0.262 e. The van der Waals surface area contributed by atoms with E-state index in [1.807, 2.05) is 36.1 Å². The molecule has 1 aromatic carbocycles. The molecule has 1 fully saturated rings. The summed E-state index contributed by atoms with van der Waals surface area (Å²) in [5.74, 6) is 0.141. The first-order valence-corrected chi connectivity index (χ1v) is 12.3. The number of nitrogens with zero attached hydrogens (tertiary/aromatic N) is 3. The van der Waals surface area contributed by atoms with Gasteiger partial charge in [-0.15, -0.1) is 11.3 Å². The molecule has 158 valence electrons. The van der Waals surface area contributed by atoms with Crippen LogP contribution in [0.1, 0.15) is 37.1 Å². The predicted octanol–water partition coefficient (Wildman–Crippen LogP) is 4.37. The van der Waals surface area contributed by atoms with Gasteiger partial charge in [-0.05, 0) is 44.2 Å². The smallest absolute Gasteiger partial charge is 0.262 e. The number of thiophene rings is 1. The normalized spacial score (nSPS) is 15.1. The summed E-state index contributed by atoms with van der Waals surface area (Å²) >= 11 is 2.99. The van der Waals surface area contributed by atoms with Crippen LogP contribution in [0.3, 0.4) is 0 Å². The molecule has 1 atom stereocenters. The van der Waals surface area contributed by atoms with Crippen LogP contribution in [0.4, 0.5) is 0 Å². The van der Waals surface area contributed by atoms with Crippen molar-refractivity contribution >= 4 is 39.2 Å². The molecule has 1 saturated heterocycles. The van der Waals surface area contributed by atoms with Gasteiger partial charge in [-0.2, -0.15) is 0 Å². The summed E-state index contributed by atoms with van der Waals surface area (Å²) in [7, 11) is 0. The fraction of sp³-hybridized carbons (Fsp3) is 0.435. The van der Waals surface area contributed by atoms with Crippen molar-refractivity contribution in [1.29, 1.82) is 0 Å². The zero-order valence-electron chi connectivity index (χ0n) is 17.5. The number of aromatic nitrogens is 2. The number of fused-ring (bicyclic) bond motifs is 1. The summed E-state index contributed by atoms with van der Waals surface area (Å²) in [5.41, 5.74) is 1.18. The van der Waals surface area contributed by atoms with E-state index in [-0.39, 0.29) is 16.7 Å². The fourth-order valence-corrected chi connectivity index (χ4v) is 5.82. The molecule has 1 unspecified atom stereocenters. The van der Waals surface area contributed by atoms with Crippen LogP contribution < -0.4 is 5.56 Å². The lowest BCUT2D eigenvalue weighted by Gasteiger charge is -2.21. The molecule has 3 aromatic rings. The molecule has 2 aromatic heterocycles. The number of carbonyl (C=O) groups is 1. The minimum atomic E-state index is -0.263. The van der Waals surface area contributed by atoms with Gasteiger partial charge in [0.2, 0.25) is 5.91 Å². The van der Waals surface area contributed by atoms with E-state index in [2.05, 4.69) is 19.1 Å². The molecule has 30 heavy (non-hydrogen) atoms. The number of amides is 1. The molecule has 4 rings (SSSR count). The van der Waals surface area contributed by atoms with Gasteiger partial charge in [-0.25, -0.2) is 4.98 Å². The second-order valence-electron chi connectivity index (χ2n) is 7.66. The summed E-state index contributed by atoms with van der Waals surface area (Å²) in [5, 5.41) is 1.07. The van der Waals surface area contributed by atoms with Gasteiger partial charge in [0.1, 0.15) is 4.83 Å². The van der Waals surface area contributed by atoms with Crippen LogP contribution in [-0.2, 0) is 24.2 Å². The first kappa shape index (κ1) is 21.1. The molecule has 0 spiro atoms. The molecule has 1 amide bonds. The van der Waals surface area contributed by atoms with Crippen molar-refractivity contribution in [2.45, 2.75) is 56.5 Å². The van der Waals surface area contributed by atoms with Crippen molar-refractivity contribution in [3.63, 3.8) is 0 Å². The Hall–Kier alpha value is -2.12. The number of likely N-dealkylation sites (tertiary alicyclic amines) is 1. The molecule has 7 heteroatoms. The second kappa shape index (κ2) is 9.35. The van der Waals surface area contributed by atoms with Crippen molar-refractivity contribution in [1.82, 2.24) is 14.5 Å². The summed E-state index contributed by atoms with van der Waals surface area (Å²) in [6.45, 7) is 6.24. The molecule has 0 radical (unpaired) electrons. The van der Waals surface area contributed by atoms with Crippen molar-refractivity contribution in [2.24, 2.45) is 0 Å². The van der Waals surface area contributed by atoms with Gasteiger partial charge >= 0.3 is 0 Å². The maximum atomic E-state index is 13.3. The Bertz CT molecular complexity index is 1090. The first-order chi connectivity index (χ1) is 14.6. The third-order valence-electron chi connectivity index (χ3n) is 5.53. The van der Waals surface area contributed by atoms with Crippen LogP contribution in [-0.4, -0.2) is 38.7 Å². The van der Waals surface area contributed by atoms with Gasteiger partial charge in [0, 0.05) is 24.5 Å². The Balaban J connectivity index is 1.66. The minimum Gasteiger partial charge on any atom is -0.342 e. The van der Waals surface area contributed by atoms with Crippen molar-refractivity contribution < 1.29 is 4.79 Å². The number of aryl methyl sites for hydroxylation is 2. The quantitative estimate of drug-likeness (QED) is 0.404. The van der Waals surface area contributed by atoms with E-state index in [1.54, 1.807) is 15.9 Å². The number of hydrogen-bond acceptors (Lipinski definition) is 5. The second-order valence-corrected chi connectivity index (χ2v) is 10.1. The summed E-state index contributed by atoms with van der Waals surface area (Å²) in [6.07, 6.45) is 3.78. The largest absolute Gasteiger partial charge is 0.342 e. The van der Waals surface area contributed by atoms with E-state index in [0.29, 0.717) is 17.1 Å². The van der Waals surface area contributed by atoms with E-state index in [4.69, 9.17) is 4.98 Å². The van der Waals surface area contributed by atoms with Crippen molar-refractivity contribution in [3.8, 4) is 0 Å². The molecule has 5 nitrogen and oxygen atoms in total. The SMILES string of the molecule is CCc1cc2c(=O)n(CCc3ccccc3)c(SC(C)C(=O)N3CCCC3)nc2s1. The highest BCUT2D eigenvalue weighted by molar-refractivity contribution is 8.00. The average molecular weight is 442 g/mol. The summed E-state index contributed by atoms with van der Waals surface area (Å²) in [4.78, 5) is 34.9. The Labute approximate surface area is 185 Å². The lowest BCUT2D eigenvalue weighted by Crippen LogP contribution is -2.34. The molecule has 1 aliphatic rings. The number of rotatable bonds is 7. The number of carbonyl (C=O) groups excluding carboxylic acids is 1. The van der Waals surface area contributed by atoms with E-state index in [1.165, 1.54) is 17.3 Å².